The monoisotopic (exact) mass is 470 g/mol. The Morgan fingerprint density at radius 3 is 2.36 bits per heavy atom. The summed E-state index contributed by atoms with van der Waals surface area (Å²) in [5, 5.41) is 2.86. The number of nitrogens with zero attached hydrogens (tertiary/aromatic N) is 1. The summed E-state index contributed by atoms with van der Waals surface area (Å²) in [5.41, 5.74) is 3.53. The minimum Gasteiger partial charge on any atom is -0.493 e. The number of amides is 2. The zero-order valence-electron chi connectivity index (χ0n) is 20.0. The smallest absolute Gasteiger partial charge is 0.246 e. The van der Waals surface area contributed by atoms with Crippen LogP contribution in [0.5, 0.6) is 11.5 Å². The van der Waals surface area contributed by atoms with Crippen molar-refractivity contribution < 1.29 is 19.1 Å². The summed E-state index contributed by atoms with van der Waals surface area (Å²) in [5.74, 6) is 1.58. The number of ether oxygens (including phenoxy) is 2. The third-order valence-corrected chi connectivity index (χ3v) is 6.97. The maximum Gasteiger partial charge on any atom is 0.246 e. The van der Waals surface area contributed by atoms with Crippen LogP contribution < -0.4 is 14.8 Å². The first-order valence-corrected chi connectivity index (χ1v) is 12.4. The standard InChI is InChI=1S/C26H34N2O4S/c1-5-6-7-19-8-10-22(11-9-19)33-17-23(27-18(2)29)26(30)28-13-12-20-14-24(31-3)25(32-4)15-21(20)16-28/h8-11,14-15,23H,5-7,12-13,16-17H2,1-4H3,(H,27,29). The zero-order chi connectivity index (χ0) is 23.8. The molecule has 3 rings (SSSR count). The molecule has 1 atom stereocenters. The van der Waals surface area contributed by atoms with Crippen LogP contribution in [0, 0.1) is 0 Å². The highest BCUT2D eigenvalue weighted by Crippen LogP contribution is 2.33. The molecule has 0 bridgehead atoms. The van der Waals surface area contributed by atoms with Crippen LogP contribution in [-0.2, 0) is 29.0 Å². The molecular weight excluding hydrogens is 436 g/mol. The second-order valence-corrected chi connectivity index (χ2v) is 9.39. The number of hydrogen-bond donors (Lipinski definition) is 1. The van der Waals surface area contributed by atoms with Crippen molar-refractivity contribution in [3.8, 4) is 11.5 Å². The highest BCUT2D eigenvalue weighted by Gasteiger charge is 2.29. The van der Waals surface area contributed by atoms with Crippen LogP contribution in [0.4, 0.5) is 0 Å². The van der Waals surface area contributed by atoms with Crippen molar-refractivity contribution in [3.05, 3.63) is 53.1 Å². The highest BCUT2D eigenvalue weighted by molar-refractivity contribution is 7.99. The van der Waals surface area contributed by atoms with Gasteiger partial charge in [-0.3, -0.25) is 9.59 Å². The Balaban J connectivity index is 1.67. The summed E-state index contributed by atoms with van der Waals surface area (Å²) in [6.07, 6.45) is 4.18. The number of nitrogens with one attached hydrogen (secondary N) is 1. The zero-order valence-corrected chi connectivity index (χ0v) is 20.8. The predicted molar refractivity (Wildman–Crippen MR) is 132 cm³/mol. The molecule has 178 valence electrons. The fourth-order valence-corrected chi connectivity index (χ4v) is 4.94. The van der Waals surface area contributed by atoms with Gasteiger partial charge in [-0.05, 0) is 60.2 Å². The van der Waals surface area contributed by atoms with E-state index in [0.717, 1.165) is 28.9 Å². The topological polar surface area (TPSA) is 67.9 Å². The number of aryl methyl sites for hydroxylation is 1. The Bertz CT molecular complexity index is 962. The van der Waals surface area contributed by atoms with Gasteiger partial charge in [-0.2, -0.15) is 0 Å². The molecule has 2 aromatic rings. The van der Waals surface area contributed by atoms with E-state index in [1.54, 1.807) is 26.0 Å². The van der Waals surface area contributed by atoms with Crippen molar-refractivity contribution >= 4 is 23.6 Å². The minimum atomic E-state index is -0.575. The second kappa shape index (κ2) is 12.0. The van der Waals surface area contributed by atoms with Gasteiger partial charge in [0.1, 0.15) is 6.04 Å². The average Bonchev–Trinajstić information content (AvgIpc) is 2.83. The van der Waals surface area contributed by atoms with Crippen molar-refractivity contribution in [3.63, 3.8) is 0 Å². The van der Waals surface area contributed by atoms with Gasteiger partial charge in [0.15, 0.2) is 11.5 Å². The van der Waals surface area contributed by atoms with Gasteiger partial charge in [0.05, 0.1) is 14.2 Å². The molecule has 1 N–H and O–H groups in total. The van der Waals surface area contributed by atoms with E-state index < -0.39 is 6.04 Å². The van der Waals surface area contributed by atoms with E-state index in [-0.39, 0.29) is 11.8 Å². The Morgan fingerprint density at radius 2 is 1.76 bits per heavy atom. The van der Waals surface area contributed by atoms with Crippen molar-refractivity contribution in [2.24, 2.45) is 0 Å². The summed E-state index contributed by atoms with van der Waals surface area (Å²) in [6, 6.07) is 11.8. The second-order valence-electron chi connectivity index (χ2n) is 8.30. The fraction of sp³-hybridized carbons (Fsp3) is 0.462. The van der Waals surface area contributed by atoms with Crippen LogP contribution in [0.25, 0.3) is 0 Å². The number of fused-ring (bicyclic) bond motifs is 1. The van der Waals surface area contributed by atoms with Gasteiger partial charge in [-0.15, -0.1) is 11.8 Å². The van der Waals surface area contributed by atoms with Crippen molar-refractivity contribution in [1.29, 1.82) is 0 Å². The molecule has 0 spiro atoms. The number of benzene rings is 2. The molecule has 0 aliphatic carbocycles. The molecule has 0 saturated heterocycles. The van der Waals surface area contributed by atoms with Gasteiger partial charge in [0.25, 0.3) is 0 Å². The van der Waals surface area contributed by atoms with E-state index in [0.29, 0.717) is 30.3 Å². The number of unbranched alkanes of at least 4 members (excludes halogenated alkanes) is 1. The van der Waals surface area contributed by atoms with Crippen LogP contribution in [0.2, 0.25) is 0 Å². The fourth-order valence-electron chi connectivity index (χ4n) is 4.02. The lowest BCUT2D eigenvalue weighted by Gasteiger charge is -2.32. The summed E-state index contributed by atoms with van der Waals surface area (Å²) < 4.78 is 10.8. The Labute approximate surface area is 201 Å². The molecule has 0 aromatic heterocycles. The largest absolute Gasteiger partial charge is 0.493 e. The minimum absolute atomic E-state index is 0.0577. The van der Waals surface area contributed by atoms with Gasteiger partial charge in [0.2, 0.25) is 11.8 Å². The summed E-state index contributed by atoms with van der Waals surface area (Å²) >= 11 is 1.59. The Hall–Kier alpha value is -2.67. The van der Waals surface area contributed by atoms with Crippen molar-refractivity contribution in [2.45, 2.75) is 57.0 Å². The molecule has 7 heteroatoms. The number of carbonyl (C=O) groups excluding carboxylic acids is 2. The van der Waals surface area contributed by atoms with E-state index in [9.17, 15) is 9.59 Å². The van der Waals surface area contributed by atoms with Gasteiger partial charge in [-0.25, -0.2) is 0 Å². The van der Waals surface area contributed by atoms with Gasteiger partial charge in [-0.1, -0.05) is 25.5 Å². The highest BCUT2D eigenvalue weighted by atomic mass is 32.2. The first-order chi connectivity index (χ1) is 15.9. The molecule has 1 aliphatic heterocycles. The summed E-state index contributed by atoms with van der Waals surface area (Å²) in [4.78, 5) is 28.1. The first kappa shape index (κ1) is 25.0. The lowest BCUT2D eigenvalue weighted by Crippen LogP contribution is -2.50. The average molecular weight is 471 g/mol. The maximum absolute atomic E-state index is 13.4. The third-order valence-electron chi connectivity index (χ3n) is 5.86. The predicted octanol–water partition coefficient (Wildman–Crippen LogP) is 4.23. The quantitative estimate of drug-likeness (QED) is 0.527. The molecule has 33 heavy (non-hydrogen) atoms. The SMILES string of the molecule is CCCCc1ccc(SCC(NC(C)=O)C(=O)N2CCc3cc(OC)c(OC)cc3C2)cc1. The first-order valence-electron chi connectivity index (χ1n) is 11.5. The van der Waals surface area contributed by atoms with Crippen LogP contribution in [0.3, 0.4) is 0 Å². The Morgan fingerprint density at radius 1 is 1.09 bits per heavy atom. The number of hydrogen-bond acceptors (Lipinski definition) is 5. The normalized spacial score (nSPS) is 13.8. The van der Waals surface area contributed by atoms with E-state index >= 15 is 0 Å². The molecule has 2 aromatic carbocycles. The molecule has 1 aliphatic rings. The summed E-state index contributed by atoms with van der Waals surface area (Å²) in [6.45, 7) is 4.74. The number of rotatable bonds is 10. The van der Waals surface area contributed by atoms with Crippen molar-refractivity contribution in [2.75, 3.05) is 26.5 Å². The summed E-state index contributed by atoms with van der Waals surface area (Å²) in [7, 11) is 3.23. The Kier molecular flexibility index (Phi) is 9.06. The van der Waals surface area contributed by atoms with Crippen LogP contribution in [0.1, 0.15) is 43.4 Å². The number of carbonyl (C=O) groups is 2. The van der Waals surface area contributed by atoms with E-state index in [1.807, 2.05) is 17.0 Å². The molecule has 0 fully saturated rings. The molecule has 1 heterocycles. The van der Waals surface area contributed by atoms with E-state index in [1.165, 1.54) is 25.3 Å². The van der Waals surface area contributed by atoms with Gasteiger partial charge >= 0.3 is 0 Å². The van der Waals surface area contributed by atoms with Gasteiger partial charge in [0, 0.05) is 30.7 Å². The number of methoxy groups -OCH3 is 2. The third kappa shape index (κ3) is 6.67. The van der Waals surface area contributed by atoms with E-state index in [4.69, 9.17) is 9.47 Å². The molecule has 2 amide bonds. The lowest BCUT2D eigenvalue weighted by atomic mass is 9.98. The maximum atomic E-state index is 13.4. The van der Waals surface area contributed by atoms with Crippen molar-refractivity contribution in [1.82, 2.24) is 10.2 Å². The molecule has 1 unspecified atom stereocenters. The van der Waals surface area contributed by atoms with Crippen LogP contribution >= 0.6 is 11.8 Å². The molecule has 6 nitrogen and oxygen atoms in total. The van der Waals surface area contributed by atoms with Gasteiger partial charge < -0.3 is 19.7 Å². The lowest BCUT2D eigenvalue weighted by molar-refractivity contribution is -0.136. The van der Waals surface area contributed by atoms with Crippen LogP contribution in [0.15, 0.2) is 41.3 Å². The molecule has 0 radical (unpaired) electrons. The number of thioether (sulfide) groups is 1. The van der Waals surface area contributed by atoms with E-state index in [2.05, 4.69) is 36.5 Å². The molecule has 0 saturated carbocycles. The van der Waals surface area contributed by atoms with Crippen LogP contribution in [-0.4, -0.2) is 49.3 Å². The molecular formula is C26H34N2O4S.